The third-order valence-electron chi connectivity index (χ3n) is 6.07. The molecule has 4 N–H and O–H groups in total. The summed E-state index contributed by atoms with van der Waals surface area (Å²) in [7, 11) is 0. The summed E-state index contributed by atoms with van der Waals surface area (Å²) in [6.45, 7) is 13.3. The molecule has 3 aromatic rings. The molecule has 0 fully saturated rings. The number of benzene rings is 2. The number of nitrogens with two attached hydrogens (primary N) is 2. The average Bonchev–Trinajstić information content (AvgIpc) is 3.21. The number of anilines is 1. The van der Waals surface area contributed by atoms with Crippen LogP contribution in [0.2, 0.25) is 0 Å². The van der Waals surface area contributed by atoms with E-state index in [1.54, 1.807) is 33.0 Å². The summed E-state index contributed by atoms with van der Waals surface area (Å²) >= 11 is 0. The molecule has 8 heteroatoms. The number of carbonyl (C=O) groups is 2. The quantitative estimate of drug-likeness (QED) is 0.347. The second kappa shape index (κ2) is 9.93. The third kappa shape index (κ3) is 5.54. The van der Waals surface area contributed by atoms with Gasteiger partial charge in [-0.1, -0.05) is 37.3 Å². The van der Waals surface area contributed by atoms with E-state index in [2.05, 4.69) is 5.10 Å². The van der Waals surface area contributed by atoms with Crippen LogP contribution in [0, 0.1) is 0 Å². The van der Waals surface area contributed by atoms with Gasteiger partial charge in [-0.3, -0.25) is 4.79 Å². The van der Waals surface area contributed by atoms with Crippen molar-refractivity contribution < 1.29 is 19.1 Å². The number of esters is 1. The fourth-order valence-electron chi connectivity index (χ4n) is 4.31. The van der Waals surface area contributed by atoms with E-state index in [-0.39, 0.29) is 5.97 Å². The number of hydrogen-bond acceptors (Lipinski definition) is 7. The lowest BCUT2D eigenvalue weighted by Crippen LogP contribution is -2.42. The number of aromatic nitrogens is 2. The molecule has 8 nitrogen and oxygen atoms in total. The van der Waals surface area contributed by atoms with Gasteiger partial charge in [0.2, 0.25) is 0 Å². The van der Waals surface area contributed by atoms with Crippen LogP contribution in [-0.4, -0.2) is 39.6 Å². The Morgan fingerprint density at radius 3 is 2.08 bits per heavy atom. The van der Waals surface area contributed by atoms with Crippen LogP contribution >= 0.6 is 0 Å². The maximum Gasteiger partial charge on any atom is 0.435 e. The van der Waals surface area contributed by atoms with Crippen molar-refractivity contribution in [3.8, 4) is 11.1 Å². The summed E-state index contributed by atoms with van der Waals surface area (Å²) in [5.74, 6) is -0.272. The van der Waals surface area contributed by atoms with Crippen molar-refractivity contribution in [3.05, 3.63) is 48.2 Å². The first-order valence-electron chi connectivity index (χ1n) is 12.3. The molecule has 1 aromatic heterocycles. The van der Waals surface area contributed by atoms with Crippen molar-refractivity contribution in [3.63, 3.8) is 0 Å². The Bertz CT molecular complexity index is 1250. The Labute approximate surface area is 212 Å². The first-order valence-corrected chi connectivity index (χ1v) is 12.3. The van der Waals surface area contributed by atoms with E-state index in [4.69, 9.17) is 20.9 Å². The fourth-order valence-corrected chi connectivity index (χ4v) is 4.31. The van der Waals surface area contributed by atoms with Gasteiger partial charge in [0, 0.05) is 10.9 Å². The van der Waals surface area contributed by atoms with Crippen LogP contribution in [0.3, 0.4) is 0 Å². The first-order chi connectivity index (χ1) is 16.7. The van der Waals surface area contributed by atoms with Gasteiger partial charge < -0.3 is 20.9 Å². The number of fused-ring (bicyclic) bond motifs is 1. The van der Waals surface area contributed by atoms with Gasteiger partial charge in [-0.05, 0) is 78.1 Å². The van der Waals surface area contributed by atoms with Gasteiger partial charge in [0.1, 0.15) is 11.2 Å². The predicted octanol–water partition coefficient (Wildman–Crippen LogP) is 5.41. The number of ether oxygens (including phenoxy) is 2. The minimum absolute atomic E-state index is 0.272. The van der Waals surface area contributed by atoms with Gasteiger partial charge in [0.15, 0.2) is 0 Å². The zero-order valence-electron chi connectivity index (χ0n) is 22.3. The second-order valence-corrected chi connectivity index (χ2v) is 11.0. The maximum atomic E-state index is 13.3. The molecule has 1 atom stereocenters. The molecule has 0 aliphatic carbocycles. The standard InChI is InChI=1S/C28H38N4O4/c1-8-28(15-16-29,24(33)35-26(2,3)4)19-11-9-18(10-12-19)20-13-14-22-21(23(20)30)17-31-32(22)25(34)36-27(5,6)7/h9-14,17H,8,15-16,29-30H2,1-7H3. The van der Waals surface area contributed by atoms with E-state index in [0.29, 0.717) is 36.0 Å². The molecule has 0 saturated carbocycles. The molecule has 0 bridgehead atoms. The minimum Gasteiger partial charge on any atom is -0.459 e. The molecule has 194 valence electrons. The first kappa shape index (κ1) is 27.2. The molecule has 0 amide bonds. The van der Waals surface area contributed by atoms with Gasteiger partial charge in [-0.25, -0.2) is 4.79 Å². The Morgan fingerprint density at radius 2 is 1.56 bits per heavy atom. The molecule has 0 spiro atoms. The summed E-state index contributed by atoms with van der Waals surface area (Å²) in [5.41, 5.74) is 14.0. The third-order valence-corrected chi connectivity index (χ3v) is 6.07. The number of rotatable bonds is 6. The Morgan fingerprint density at radius 1 is 0.944 bits per heavy atom. The van der Waals surface area contributed by atoms with Gasteiger partial charge >= 0.3 is 12.1 Å². The van der Waals surface area contributed by atoms with Crippen molar-refractivity contribution in [1.82, 2.24) is 9.78 Å². The van der Waals surface area contributed by atoms with Crippen LogP contribution in [0.4, 0.5) is 10.5 Å². The van der Waals surface area contributed by atoms with Crippen LogP contribution < -0.4 is 11.5 Å². The van der Waals surface area contributed by atoms with Crippen LogP contribution in [0.1, 0.15) is 66.9 Å². The highest BCUT2D eigenvalue weighted by molar-refractivity contribution is 6.01. The van der Waals surface area contributed by atoms with Crippen LogP contribution in [0.5, 0.6) is 0 Å². The molecular weight excluding hydrogens is 456 g/mol. The normalized spacial score (nSPS) is 13.9. The molecule has 1 heterocycles. The molecule has 0 aliphatic rings. The van der Waals surface area contributed by atoms with Crippen molar-refractivity contribution >= 4 is 28.7 Å². The lowest BCUT2D eigenvalue weighted by Gasteiger charge is -2.34. The zero-order valence-corrected chi connectivity index (χ0v) is 22.3. The highest BCUT2D eigenvalue weighted by Crippen LogP contribution is 2.37. The largest absolute Gasteiger partial charge is 0.459 e. The summed E-state index contributed by atoms with van der Waals surface area (Å²) in [4.78, 5) is 25.8. The van der Waals surface area contributed by atoms with E-state index in [1.807, 2.05) is 58.0 Å². The van der Waals surface area contributed by atoms with E-state index in [1.165, 1.54) is 4.68 Å². The Hall–Kier alpha value is -3.39. The van der Waals surface area contributed by atoms with Crippen molar-refractivity contribution in [2.24, 2.45) is 5.73 Å². The van der Waals surface area contributed by atoms with Crippen molar-refractivity contribution in [2.45, 2.75) is 77.9 Å². The predicted molar refractivity (Wildman–Crippen MR) is 143 cm³/mol. The van der Waals surface area contributed by atoms with Gasteiger partial charge in [-0.2, -0.15) is 9.78 Å². The maximum absolute atomic E-state index is 13.3. The summed E-state index contributed by atoms with van der Waals surface area (Å²) in [6, 6.07) is 11.4. The summed E-state index contributed by atoms with van der Waals surface area (Å²) in [5, 5.41) is 4.86. The number of hydrogen-bond donors (Lipinski definition) is 2. The SMILES string of the molecule is CCC(CCN)(C(=O)OC(C)(C)C)c1ccc(-c2ccc3c(cnn3C(=O)OC(C)(C)C)c2N)cc1. The molecule has 0 aliphatic heterocycles. The molecule has 1 unspecified atom stereocenters. The van der Waals surface area contributed by atoms with Crippen molar-refractivity contribution in [2.75, 3.05) is 12.3 Å². The second-order valence-electron chi connectivity index (χ2n) is 11.0. The van der Waals surface area contributed by atoms with Gasteiger partial charge in [0.25, 0.3) is 0 Å². The monoisotopic (exact) mass is 494 g/mol. The topological polar surface area (TPSA) is 122 Å². The van der Waals surface area contributed by atoms with E-state index in [9.17, 15) is 9.59 Å². The zero-order chi connectivity index (χ0) is 26.9. The van der Waals surface area contributed by atoms with Gasteiger partial charge in [-0.15, -0.1) is 0 Å². The highest BCUT2D eigenvalue weighted by Gasteiger charge is 2.41. The Balaban J connectivity index is 1.99. The highest BCUT2D eigenvalue weighted by atomic mass is 16.6. The van der Waals surface area contributed by atoms with Crippen molar-refractivity contribution in [1.29, 1.82) is 0 Å². The van der Waals surface area contributed by atoms with Crippen LogP contribution in [0.15, 0.2) is 42.6 Å². The molecule has 3 rings (SSSR count). The number of carbonyl (C=O) groups excluding carboxylic acids is 2. The van der Waals surface area contributed by atoms with Crippen LogP contribution in [0.25, 0.3) is 22.0 Å². The lowest BCUT2D eigenvalue weighted by atomic mass is 9.75. The van der Waals surface area contributed by atoms with E-state index >= 15 is 0 Å². The van der Waals surface area contributed by atoms with Gasteiger partial charge in [0.05, 0.1) is 22.8 Å². The minimum atomic E-state index is -0.829. The van der Waals surface area contributed by atoms with E-state index in [0.717, 1.165) is 16.7 Å². The number of nitrogens with zero attached hydrogens (tertiary/aromatic N) is 2. The molecular formula is C28H38N4O4. The smallest absolute Gasteiger partial charge is 0.435 e. The Kier molecular flexibility index (Phi) is 7.50. The number of nitrogen functional groups attached to an aromatic ring is 1. The van der Waals surface area contributed by atoms with Crippen LogP contribution in [-0.2, 0) is 19.7 Å². The lowest BCUT2D eigenvalue weighted by molar-refractivity contribution is -0.162. The fraction of sp³-hybridized carbons (Fsp3) is 0.464. The summed E-state index contributed by atoms with van der Waals surface area (Å²) < 4.78 is 12.4. The molecule has 2 aromatic carbocycles. The molecule has 36 heavy (non-hydrogen) atoms. The summed E-state index contributed by atoms with van der Waals surface area (Å²) in [6.07, 6.45) is 2.05. The molecule has 0 radical (unpaired) electrons. The van der Waals surface area contributed by atoms with E-state index < -0.39 is 22.7 Å². The average molecular weight is 495 g/mol. The molecule has 0 saturated heterocycles.